The molecular weight excluding hydrogens is 625 g/mol. The zero-order chi connectivity index (χ0) is 33.3. The van der Waals surface area contributed by atoms with E-state index in [0.29, 0.717) is 0 Å². The van der Waals surface area contributed by atoms with Crippen molar-refractivity contribution >= 4 is 78.8 Å². The van der Waals surface area contributed by atoms with E-state index in [0.717, 1.165) is 24.6 Å². The standard InChI is InChI=1S/C42H44N4S2/c1-43(2)41-19-17-35(37-9-5-7-11-39(37)41)15-13-33-21-25-45(26-22-33)29-31-47-48-32-30-46-27-23-34(24-28-46)14-16-36-18-20-42(44(3)4)40-12-8-6-10-38(36)40/h5-28H,29-32H2,1-4H3/q+2. The van der Waals surface area contributed by atoms with Crippen molar-refractivity contribution < 1.29 is 9.13 Å². The van der Waals surface area contributed by atoms with Gasteiger partial charge in [-0.2, -0.15) is 0 Å². The van der Waals surface area contributed by atoms with Crippen LogP contribution < -0.4 is 18.9 Å². The minimum absolute atomic E-state index is 1.000. The number of aromatic nitrogens is 2. The van der Waals surface area contributed by atoms with Crippen LogP contribution in [0.1, 0.15) is 22.3 Å². The molecule has 0 atom stereocenters. The monoisotopic (exact) mass is 668 g/mol. The van der Waals surface area contributed by atoms with E-state index in [4.69, 9.17) is 0 Å². The SMILES string of the molecule is CN(C)c1ccc(/C=C/c2cc[n+](CCSSCC[n+]3ccc(/C=C/c4ccc(N(C)C)c5ccccc45)cc3)cc2)c2ccccc12. The summed E-state index contributed by atoms with van der Waals surface area (Å²) in [5.74, 6) is 2.15. The van der Waals surface area contributed by atoms with E-state index >= 15 is 0 Å². The highest BCUT2D eigenvalue weighted by Crippen LogP contribution is 2.31. The van der Waals surface area contributed by atoms with E-state index in [1.54, 1.807) is 0 Å². The average molecular weight is 669 g/mol. The van der Waals surface area contributed by atoms with Crippen molar-refractivity contribution in [3.8, 4) is 0 Å². The molecular formula is C42H44N4S2+2. The van der Waals surface area contributed by atoms with Crippen molar-refractivity contribution in [1.82, 2.24) is 0 Å². The van der Waals surface area contributed by atoms with Crippen LogP contribution in [0.4, 0.5) is 11.4 Å². The van der Waals surface area contributed by atoms with Gasteiger partial charge in [-0.25, -0.2) is 9.13 Å². The summed E-state index contributed by atoms with van der Waals surface area (Å²) in [6.07, 6.45) is 17.6. The number of aryl methyl sites for hydroxylation is 2. The molecule has 0 aliphatic heterocycles. The van der Waals surface area contributed by atoms with E-state index < -0.39 is 0 Å². The summed E-state index contributed by atoms with van der Waals surface area (Å²) in [7, 11) is 12.3. The van der Waals surface area contributed by atoms with Crippen molar-refractivity contribution in [3.05, 3.63) is 144 Å². The first-order chi connectivity index (χ1) is 23.5. The molecule has 48 heavy (non-hydrogen) atoms. The van der Waals surface area contributed by atoms with Crippen molar-refractivity contribution in [3.63, 3.8) is 0 Å². The predicted molar refractivity (Wildman–Crippen MR) is 213 cm³/mol. The second-order valence-corrected chi connectivity index (χ2v) is 15.0. The normalized spacial score (nSPS) is 11.7. The van der Waals surface area contributed by atoms with Gasteiger partial charge in [0.1, 0.15) is 0 Å². The largest absolute Gasteiger partial charge is 0.377 e. The molecule has 6 aromatic rings. The van der Waals surface area contributed by atoms with Gasteiger partial charge in [-0.15, -0.1) is 0 Å². The Balaban J connectivity index is 0.937. The van der Waals surface area contributed by atoms with Crippen LogP contribution in [0.2, 0.25) is 0 Å². The van der Waals surface area contributed by atoms with Gasteiger partial charge in [0.2, 0.25) is 0 Å². The lowest BCUT2D eigenvalue weighted by Crippen LogP contribution is -2.34. The summed E-state index contributed by atoms with van der Waals surface area (Å²) in [4.78, 5) is 4.35. The zero-order valence-electron chi connectivity index (χ0n) is 28.3. The number of fused-ring (bicyclic) bond motifs is 2. The summed E-state index contributed by atoms with van der Waals surface area (Å²) in [6.45, 7) is 2.00. The quantitative estimate of drug-likeness (QED) is 0.0692. The molecule has 4 aromatic carbocycles. The zero-order valence-corrected chi connectivity index (χ0v) is 29.9. The number of nitrogens with zero attached hydrogens (tertiary/aromatic N) is 4. The molecule has 2 heterocycles. The highest BCUT2D eigenvalue weighted by atomic mass is 33.1. The summed E-state index contributed by atoms with van der Waals surface area (Å²) in [6, 6.07) is 34.9. The number of hydrogen-bond acceptors (Lipinski definition) is 4. The second kappa shape index (κ2) is 16.1. The Labute approximate surface area is 293 Å². The van der Waals surface area contributed by atoms with Gasteiger partial charge in [0.15, 0.2) is 37.9 Å². The molecule has 0 radical (unpaired) electrons. The Kier molecular flexibility index (Phi) is 11.2. The smallest absolute Gasteiger partial charge is 0.169 e. The Hall–Kier alpha value is -4.52. The van der Waals surface area contributed by atoms with Gasteiger partial charge in [-0.05, 0) is 45.2 Å². The van der Waals surface area contributed by atoms with Crippen molar-refractivity contribution in [2.75, 3.05) is 49.5 Å². The van der Waals surface area contributed by atoms with Gasteiger partial charge >= 0.3 is 0 Å². The number of hydrogen-bond donors (Lipinski definition) is 0. The molecule has 2 aromatic heterocycles. The fraction of sp³-hybridized carbons (Fsp3) is 0.190. The van der Waals surface area contributed by atoms with Crippen LogP contribution >= 0.6 is 21.6 Å². The lowest BCUT2D eigenvalue weighted by molar-refractivity contribution is -0.692. The molecule has 0 spiro atoms. The van der Waals surface area contributed by atoms with Gasteiger partial charge in [-0.1, -0.05) is 107 Å². The highest BCUT2D eigenvalue weighted by Gasteiger charge is 2.08. The third-order valence-electron chi connectivity index (χ3n) is 8.53. The van der Waals surface area contributed by atoms with E-state index in [2.05, 4.69) is 193 Å². The fourth-order valence-electron chi connectivity index (χ4n) is 5.92. The maximum absolute atomic E-state index is 2.27. The van der Waals surface area contributed by atoms with Crippen LogP contribution in [-0.2, 0) is 13.1 Å². The summed E-state index contributed by atoms with van der Waals surface area (Å²) in [5.41, 5.74) is 7.38. The second-order valence-electron chi connectivity index (χ2n) is 12.3. The van der Waals surface area contributed by atoms with E-state index in [9.17, 15) is 0 Å². The Morgan fingerprint density at radius 2 is 0.833 bits per heavy atom. The van der Waals surface area contributed by atoms with E-state index in [1.165, 1.54) is 55.2 Å². The van der Waals surface area contributed by atoms with Gasteiger partial charge in [0.05, 0.1) is 11.5 Å². The lowest BCUT2D eigenvalue weighted by Gasteiger charge is -2.16. The average Bonchev–Trinajstić information content (AvgIpc) is 3.11. The van der Waals surface area contributed by atoms with Gasteiger partial charge in [0.25, 0.3) is 0 Å². The maximum atomic E-state index is 2.27. The molecule has 0 fully saturated rings. The van der Waals surface area contributed by atoms with Crippen LogP contribution in [0.5, 0.6) is 0 Å². The lowest BCUT2D eigenvalue weighted by atomic mass is 10.0. The minimum atomic E-state index is 1.000. The van der Waals surface area contributed by atoms with Crippen molar-refractivity contribution in [1.29, 1.82) is 0 Å². The van der Waals surface area contributed by atoms with Gasteiger partial charge < -0.3 is 9.80 Å². The summed E-state index contributed by atoms with van der Waals surface area (Å²) >= 11 is 0. The number of benzene rings is 4. The molecule has 0 N–H and O–H groups in total. The van der Waals surface area contributed by atoms with Crippen molar-refractivity contribution in [2.45, 2.75) is 13.1 Å². The maximum Gasteiger partial charge on any atom is 0.169 e. The van der Waals surface area contributed by atoms with Crippen LogP contribution in [0.3, 0.4) is 0 Å². The number of rotatable bonds is 13. The third kappa shape index (κ3) is 8.30. The van der Waals surface area contributed by atoms with E-state index in [1.807, 2.05) is 21.6 Å². The molecule has 6 rings (SSSR count). The Morgan fingerprint density at radius 3 is 1.21 bits per heavy atom. The Morgan fingerprint density at radius 1 is 0.458 bits per heavy atom. The van der Waals surface area contributed by atoms with Crippen LogP contribution in [0, 0.1) is 0 Å². The summed E-state index contributed by atoms with van der Waals surface area (Å²) in [5, 5.41) is 5.12. The van der Waals surface area contributed by atoms with Gasteiger partial charge in [-0.3, -0.25) is 0 Å². The Bertz CT molecular complexity index is 1880. The molecule has 0 saturated carbocycles. The molecule has 0 aliphatic carbocycles. The van der Waals surface area contributed by atoms with Crippen LogP contribution in [0.15, 0.2) is 122 Å². The summed E-state index contributed by atoms with van der Waals surface area (Å²) < 4.78 is 4.54. The fourth-order valence-corrected chi connectivity index (χ4v) is 7.88. The molecule has 242 valence electrons. The van der Waals surface area contributed by atoms with Crippen LogP contribution in [-0.4, -0.2) is 39.7 Å². The van der Waals surface area contributed by atoms with Gasteiger partial charge in [0, 0.05) is 74.6 Å². The molecule has 0 aliphatic rings. The first-order valence-corrected chi connectivity index (χ1v) is 18.9. The molecule has 6 heteroatoms. The number of anilines is 2. The third-order valence-corrected chi connectivity index (χ3v) is 10.9. The van der Waals surface area contributed by atoms with Crippen LogP contribution in [0.25, 0.3) is 45.8 Å². The van der Waals surface area contributed by atoms with E-state index in [-0.39, 0.29) is 0 Å². The van der Waals surface area contributed by atoms with Crippen molar-refractivity contribution in [2.24, 2.45) is 0 Å². The first kappa shape index (κ1) is 33.4. The molecule has 0 bridgehead atoms. The first-order valence-electron chi connectivity index (χ1n) is 16.4. The molecule has 0 saturated heterocycles. The molecule has 0 unspecified atom stereocenters. The predicted octanol–water partition coefficient (Wildman–Crippen LogP) is 9.12. The number of pyridine rings is 2. The highest BCUT2D eigenvalue weighted by molar-refractivity contribution is 8.76. The molecule has 4 nitrogen and oxygen atoms in total. The molecule has 0 amide bonds. The topological polar surface area (TPSA) is 14.2 Å². The minimum Gasteiger partial charge on any atom is -0.377 e.